The molecule has 1 saturated heterocycles. The van der Waals surface area contributed by atoms with Crippen LogP contribution in [0, 0.1) is 17.8 Å². The summed E-state index contributed by atoms with van der Waals surface area (Å²) in [5.74, 6) is -0.501. The molecule has 304 valence electrons. The highest BCUT2D eigenvalue weighted by Gasteiger charge is 2.44. The number of morpholine rings is 1. The van der Waals surface area contributed by atoms with Gasteiger partial charge in [0.15, 0.2) is 0 Å². The molecule has 1 aromatic heterocycles. The van der Waals surface area contributed by atoms with Gasteiger partial charge >= 0.3 is 0 Å². The number of anilines is 1. The van der Waals surface area contributed by atoms with Crippen LogP contribution in [0.5, 0.6) is 5.75 Å². The molecule has 12 nitrogen and oxygen atoms in total. The molecule has 8 rings (SSSR count). The topological polar surface area (TPSA) is 132 Å². The lowest BCUT2D eigenvalue weighted by Gasteiger charge is -2.46. The van der Waals surface area contributed by atoms with Crippen LogP contribution in [-0.4, -0.2) is 96.4 Å². The highest BCUT2D eigenvalue weighted by Crippen LogP contribution is 2.47. The maximum atomic E-state index is 14.8. The van der Waals surface area contributed by atoms with Gasteiger partial charge in [0.2, 0.25) is 0 Å². The summed E-state index contributed by atoms with van der Waals surface area (Å²) < 4.78 is 41.5. The van der Waals surface area contributed by atoms with Crippen molar-refractivity contribution in [1.82, 2.24) is 14.2 Å². The maximum absolute atomic E-state index is 14.8. The molecule has 1 saturated carbocycles. The van der Waals surface area contributed by atoms with Crippen LogP contribution in [0.25, 0.3) is 0 Å². The van der Waals surface area contributed by atoms with Crippen molar-refractivity contribution in [2.75, 3.05) is 63.8 Å². The Hall–Kier alpha value is -4.17. The second-order valence-electron chi connectivity index (χ2n) is 16.5. The van der Waals surface area contributed by atoms with Crippen LogP contribution in [0.1, 0.15) is 81.4 Å². The van der Waals surface area contributed by atoms with E-state index in [2.05, 4.69) is 38.3 Å². The van der Waals surface area contributed by atoms with Crippen LogP contribution in [0.15, 0.2) is 65.2 Å². The van der Waals surface area contributed by atoms with E-state index in [-0.39, 0.29) is 40.2 Å². The minimum Gasteiger partial charge on any atom is -0.490 e. The first-order valence-corrected chi connectivity index (χ1v) is 22.2. The summed E-state index contributed by atoms with van der Waals surface area (Å²) in [6.45, 7) is 5.66. The summed E-state index contributed by atoms with van der Waals surface area (Å²) in [7, 11) is -0.210. The van der Waals surface area contributed by atoms with Crippen LogP contribution in [0.4, 0.5) is 5.69 Å². The maximum Gasteiger partial charge on any atom is 0.286 e. The lowest BCUT2D eigenvalue weighted by Crippen LogP contribution is -2.49. The number of fused-ring (bicyclic) bond motifs is 4. The molecule has 5 aliphatic rings. The Morgan fingerprint density at radius 2 is 1.93 bits per heavy atom. The monoisotopic (exact) mass is 817 g/mol. The minimum absolute atomic E-state index is 0.0585. The number of nitrogens with one attached hydrogen (secondary N) is 1. The van der Waals surface area contributed by atoms with Gasteiger partial charge in [-0.15, -0.1) is 4.36 Å². The lowest BCUT2D eigenvalue weighted by atomic mass is 9.68. The van der Waals surface area contributed by atoms with Gasteiger partial charge in [-0.2, -0.15) is 0 Å². The number of carbonyl (C=O) groups is 3. The molecule has 1 N–H and O–H groups in total. The molecule has 3 aromatic rings. The molecule has 2 bridgehead atoms. The number of aromatic nitrogens is 1. The minimum atomic E-state index is -3.65. The van der Waals surface area contributed by atoms with E-state index in [9.17, 15) is 18.6 Å². The Morgan fingerprint density at radius 1 is 1.11 bits per heavy atom. The van der Waals surface area contributed by atoms with Crippen molar-refractivity contribution >= 4 is 44.9 Å². The zero-order valence-electron chi connectivity index (χ0n) is 32.9. The molecule has 0 unspecified atom stereocenters. The van der Waals surface area contributed by atoms with Gasteiger partial charge in [-0.3, -0.25) is 19.1 Å². The normalized spacial score (nSPS) is 29.5. The summed E-state index contributed by atoms with van der Waals surface area (Å²) in [5.41, 5.74) is 3.74. The average molecular weight is 818 g/mol. The molecule has 2 aliphatic carbocycles. The number of halogens is 1. The second-order valence-corrected chi connectivity index (χ2v) is 19.0. The quantitative estimate of drug-likeness (QED) is 0.308. The van der Waals surface area contributed by atoms with Gasteiger partial charge in [0.25, 0.3) is 17.7 Å². The van der Waals surface area contributed by atoms with Crippen molar-refractivity contribution < 1.29 is 32.8 Å². The SMILES string of the molecule is CO[C@H]1/C=C/C[C@H](C)C[S@@](=O)(NC(=O)c2cc(C(=O)N3CCOCC3)n(C)c2)=NC(=O)c2ccc3c(c2)N(C[C@@H]2CC[C@H]21)C[C@@]1(CCCc2cc(Cl)ccc21)CO3. The summed E-state index contributed by atoms with van der Waals surface area (Å²) >= 11 is 6.48. The smallest absolute Gasteiger partial charge is 0.286 e. The third kappa shape index (κ3) is 8.13. The van der Waals surface area contributed by atoms with Crippen LogP contribution in [0.3, 0.4) is 0 Å². The number of ether oxygens (including phenoxy) is 3. The number of nitrogens with zero attached hydrogens (tertiary/aromatic N) is 4. The Labute approximate surface area is 340 Å². The van der Waals surface area contributed by atoms with E-state index in [4.69, 9.17) is 25.8 Å². The van der Waals surface area contributed by atoms with Crippen molar-refractivity contribution in [3.8, 4) is 5.75 Å². The van der Waals surface area contributed by atoms with Gasteiger partial charge in [-0.05, 0) is 104 Å². The summed E-state index contributed by atoms with van der Waals surface area (Å²) in [5, 5.41) is 0.728. The highest BCUT2D eigenvalue weighted by molar-refractivity contribution is 7.92. The number of allylic oxidation sites excluding steroid dienone is 1. The van der Waals surface area contributed by atoms with E-state index in [0.29, 0.717) is 69.2 Å². The predicted molar refractivity (Wildman–Crippen MR) is 220 cm³/mol. The number of methoxy groups -OCH3 is 1. The summed E-state index contributed by atoms with van der Waals surface area (Å²) in [4.78, 5) is 45.4. The van der Waals surface area contributed by atoms with Gasteiger partial charge in [0, 0.05) is 62.5 Å². The Morgan fingerprint density at radius 3 is 2.70 bits per heavy atom. The van der Waals surface area contributed by atoms with E-state index in [1.807, 2.05) is 25.1 Å². The fourth-order valence-corrected chi connectivity index (χ4v) is 11.5. The zero-order valence-corrected chi connectivity index (χ0v) is 34.5. The number of hydrogen-bond acceptors (Lipinski definition) is 8. The first kappa shape index (κ1) is 39.6. The van der Waals surface area contributed by atoms with Crippen LogP contribution >= 0.6 is 11.6 Å². The molecular formula is C43H52ClN5O7S. The molecule has 14 heteroatoms. The van der Waals surface area contributed by atoms with E-state index < -0.39 is 21.7 Å². The van der Waals surface area contributed by atoms with E-state index >= 15 is 0 Å². The van der Waals surface area contributed by atoms with Crippen molar-refractivity contribution in [2.45, 2.75) is 57.0 Å². The van der Waals surface area contributed by atoms with Gasteiger partial charge in [-0.1, -0.05) is 36.7 Å². The Balaban J connectivity index is 1.15. The van der Waals surface area contributed by atoms with E-state index in [0.717, 1.165) is 49.4 Å². The van der Waals surface area contributed by atoms with E-state index in [1.54, 1.807) is 29.7 Å². The third-order valence-corrected chi connectivity index (χ3v) is 14.8. The predicted octanol–water partition coefficient (Wildman–Crippen LogP) is 6.21. The van der Waals surface area contributed by atoms with Crippen LogP contribution in [-0.2, 0) is 38.3 Å². The molecular weight excluding hydrogens is 766 g/mol. The van der Waals surface area contributed by atoms with Crippen molar-refractivity contribution in [1.29, 1.82) is 0 Å². The first-order chi connectivity index (χ1) is 27.4. The largest absolute Gasteiger partial charge is 0.490 e. The number of amides is 3. The number of benzene rings is 2. The average Bonchev–Trinajstić information content (AvgIpc) is 3.51. The number of hydrogen-bond donors (Lipinski definition) is 1. The van der Waals surface area contributed by atoms with Gasteiger partial charge in [-0.25, -0.2) is 4.21 Å². The third-order valence-electron chi connectivity index (χ3n) is 12.6. The van der Waals surface area contributed by atoms with Crippen LogP contribution < -0.4 is 14.4 Å². The van der Waals surface area contributed by atoms with Crippen LogP contribution in [0.2, 0.25) is 5.02 Å². The van der Waals surface area contributed by atoms with Crippen molar-refractivity contribution in [3.05, 3.63) is 93.8 Å². The molecule has 57 heavy (non-hydrogen) atoms. The lowest BCUT2D eigenvalue weighted by molar-refractivity contribution is 0.0131. The van der Waals surface area contributed by atoms with Gasteiger partial charge < -0.3 is 28.6 Å². The number of rotatable bonds is 4. The molecule has 0 radical (unpaired) electrons. The number of aryl methyl sites for hydroxylation is 2. The van der Waals surface area contributed by atoms with E-state index in [1.165, 1.54) is 23.4 Å². The summed E-state index contributed by atoms with van der Waals surface area (Å²) in [6.07, 6.45) is 11.2. The fraction of sp³-hybridized carbons (Fsp3) is 0.512. The number of carbonyl (C=O) groups excluding carboxylic acids is 3. The van der Waals surface area contributed by atoms with Crippen molar-refractivity contribution in [2.24, 2.45) is 29.2 Å². The van der Waals surface area contributed by atoms with Gasteiger partial charge in [0.05, 0.1) is 42.9 Å². The van der Waals surface area contributed by atoms with Gasteiger partial charge in [0.1, 0.15) is 21.4 Å². The molecule has 2 fully saturated rings. The molecule has 6 atom stereocenters. The molecule has 1 spiro atoms. The van der Waals surface area contributed by atoms with Crippen molar-refractivity contribution in [3.63, 3.8) is 0 Å². The first-order valence-electron chi connectivity index (χ1n) is 20.1. The molecule has 2 aromatic carbocycles. The molecule has 4 heterocycles. The Kier molecular flexibility index (Phi) is 11.3. The zero-order chi connectivity index (χ0) is 39.9. The Bertz CT molecular complexity index is 2210. The molecule has 3 amide bonds. The summed E-state index contributed by atoms with van der Waals surface area (Å²) in [6, 6.07) is 13.0. The molecule has 3 aliphatic heterocycles. The fourth-order valence-electron chi connectivity index (χ4n) is 9.40. The standard InChI is InChI=1S/C43H52ClN5O7S/c1-28-6-4-8-38(54-3)34-12-9-31(34)24-49-26-43(15-5-7-29-20-33(44)11-13-35(29)43)27-56-39-14-10-30(21-36(39)49)40(50)45-57(53,25-28)46-41(51)32-22-37(47(2)23-32)42(52)48-16-18-55-19-17-48/h4,8,10-11,13-14,20-23,28,31,34,38H,5-7,9,12,15-19,24-27H2,1-3H3,(H,45,46,50,51,53)/b8-4+/t28-,31-,34+,38-,43-,57-/m0/s1. The second kappa shape index (κ2) is 16.2. The highest BCUT2D eigenvalue weighted by atomic mass is 35.5.